The average Bonchev–Trinajstić information content (AvgIpc) is 3.33. The monoisotopic (exact) mass is 419 g/mol. The average molecular weight is 420 g/mol. The van der Waals surface area contributed by atoms with Gasteiger partial charge in [0, 0.05) is 31.5 Å². The zero-order chi connectivity index (χ0) is 21.2. The SMILES string of the molecule is CCOC(=O)c1ccc(NC(=O)c2cc(S(=O)(=O)N3CCCC3)c(C)n2C)cc1. The first-order valence-electron chi connectivity index (χ1n) is 9.50. The summed E-state index contributed by atoms with van der Waals surface area (Å²) in [6.07, 6.45) is 1.69. The third-order valence-electron chi connectivity index (χ3n) is 5.06. The van der Waals surface area contributed by atoms with Gasteiger partial charge in [0.2, 0.25) is 10.0 Å². The maximum absolute atomic E-state index is 12.9. The summed E-state index contributed by atoms with van der Waals surface area (Å²) in [6.45, 7) is 4.71. The molecule has 0 aliphatic carbocycles. The number of rotatable bonds is 6. The fraction of sp³-hybridized carbons (Fsp3) is 0.400. The largest absolute Gasteiger partial charge is 0.462 e. The molecule has 0 unspecified atom stereocenters. The molecule has 1 N–H and O–H groups in total. The van der Waals surface area contributed by atoms with Crippen molar-refractivity contribution in [2.75, 3.05) is 25.0 Å². The molecule has 0 bridgehead atoms. The van der Waals surface area contributed by atoms with E-state index in [1.807, 2.05) is 0 Å². The number of ether oxygens (including phenoxy) is 1. The number of hydrogen-bond acceptors (Lipinski definition) is 5. The van der Waals surface area contributed by atoms with Crippen molar-refractivity contribution < 1.29 is 22.7 Å². The summed E-state index contributed by atoms with van der Waals surface area (Å²) in [6, 6.07) is 7.75. The van der Waals surface area contributed by atoms with E-state index in [4.69, 9.17) is 4.74 Å². The van der Waals surface area contributed by atoms with Crippen LogP contribution in [0.15, 0.2) is 35.2 Å². The first-order chi connectivity index (χ1) is 13.8. The van der Waals surface area contributed by atoms with E-state index in [1.54, 1.807) is 49.7 Å². The Morgan fingerprint density at radius 2 is 1.76 bits per heavy atom. The van der Waals surface area contributed by atoms with Crippen LogP contribution in [0.1, 0.15) is 46.3 Å². The molecule has 8 nitrogen and oxygen atoms in total. The van der Waals surface area contributed by atoms with E-state index in [2.05, 4.69) is 5.32 Å². The molecule has 0 spiro atoms. The number of hydrogen-bond donors (Lipinski definition) is 1. The van der Waals surface area contributed by atoms with Crippen molar-refractivity contribution in [3.63, 3.8) is 0 Å². The van der Waals surface area contributed by atoms with Gasteiger partial charge in [0.05, 0.1) is 12.2 Å². The van der Waals surface area contributed by atoms with Crippen LogP contribution < -0.4 is 5.32 Å². The third-order valence-corrected chi connectivity index (χ3v) is 7.07. The van der Waals surface area contributed by atoms with Gasteiger partial charge in [-0.15, -0.1) is 0 Å². The minimum absolute atomic E-state index is 0.157. The van der Waals surface area contributed by atoms with Crippen molar-refractivity contribution in [1.82, 2.24) is 8.87 Å². The fourth-order valence-corrected chi connectivity index (χ4v) is 5.11. The molecular weight excluding hydrogens is 394 g/mol. The van der Waals surface area contributed by atoms with E-state index in [0.29, 0.717) is 30.0 Å². The molecule has 0 saturated carbocycles. The van der Waals surface area contributed by atoms with E-state index in [9.17, 15) is 18.0 Å². The Bertz CT molecular complexity index is 1020. The van der Waals surface area contributed by atoms with Crippen molar-refractivity contribution in [1.29, 1.82) is 0 Å². The van der Waals surface area contributed by atoms with Crippen LogP contribution in [-0.4, -0.2) is 48.9 Å². The van der Waals surface area contributed by atoms with Gasteiger partial charge in [-0.1, -0.05) is 0 Å². The Morgan fingerprint density at radius 1 is 1.14 bits per heavy atom. The second-order valence-corrected chi connectivity index (χ2v) is 8.81. The number of benzene rings is 1. The Kier molecular flexibility index (Phi) is 6.09. The molecule has 3 rings (SSSR count). The highest BCUT2D eigenvalue weighted by molar-refractivity contribution is 7.89. The van der Waals surface area contributed by atoms with Gasteiger partial charge in [0.1, 0.15) is 10.6 Å². The molecular formula is C20H25N3O5S. The molecule has 1 fully saturated rings. The normalized spacial score (nSPS) is 14.7. The Hall–Kier alpha value is -2.65. The number of aromatic nitrogens is 1. The molecule has 2 heterocycles. The lowest BCUT2D eigenvalue weighted by Gasteiger charge is -2.15. The van der Waals surface area contributed by atoms with Crippen LogP contribution in [0, 0.1) is 6.92 Å². The summed E-state index contributed by atoms with van der Waals surface area (Å²) in [5.41, 5.74) is 1.64. The number of esters is 1. The van der Waals surface area contributed by atoms with Crippen molar-refractivity contribution in [2.24, 2.45) is 7.05 Å². The van der Waals surface area contributed by atoms with Crippen LogP contribution in [-0.2, 0) is 21.8 Å². The van der Waals surface area contributed by atoms with Crippen LogP contribution in [0.25, 0.3) is 0 Å². The summed E-state index contributed by atoms with van der Waals surface area (Å²) in [5, 5.41) is 2.74. The number of nitrogens with one attached hydrogen (secondary N) is 1. The van der Waals surface area contributed by atoms with Crippen molar-refractivity contribution in [3.8, 4) is 0 Å². The molecule has 1 saturated heterocycles. The smallest absolute Gasteiger partial charge is 0.338 e. The molecule has 1 aliphatic heterocycles. The van der Waals surface area contributed by atoms with Crippen LogP contribution in [0.3, 0.4) is 0 Å². The number of anilines is 1. The molecule has 156 valence electrons. The van der Waals surface area contributed by atoms with E-state index in [-0.39, 0.29) is 17.2 Å². The molecule has 2 aromatic rings. The first kappa shape index (κ1) is 21.1. The highest BCUT2D eigenvalue weighted by Gasteiger charge is 2.31. The lowest BCUT2D eigenvalue weighted by molar-refractivity contribution is 0.0526. The maximum atomic E-state index is 12.9. The van der Waals surface area contributed by atoms with E-state index in [0.717, 1.165) is 12.8 Å². The highest BCUT2D eigenvalue weighted by atomic mass is 32.2. The molecule has 1 aromatic heterocycles. The quantitative estimate of drug-likeness (QED) is 0.726. The van der Waals surface area contributed by atoms with Crippen LogP contribution in [0.4, 0.5) is 5.69 Å². The van der Waals surface area contributed by atoms with Crippen LogP contribution in [0.2, 0.25) is 0 Å². The van der Waals surface area contributed by atoms with Gasteiger partial charge >= 0.3 is 5.97 Å². The number of nitrogens with zero attached hydrogens (tertiary/aromatic N) is 2. The van der Waals surface area contributed by atoms with Gasteiger partial charge in [-0.05, 0) is 57.0 Å². The van der Waals surface area contributed by atoms with Gasteiger partial charge in [-0.2, -0.15) is 4.31 Å². The zero-order valence-electron chi connectivity index (χ0n) is 16.8. The molecule has 0 atom stereocenters. The minimum atomic E-state index is -3.62. The number of sulfonamides is 1. The second kappa shape index (κ2) is 8.38. The van der Waals surface area contributed by atoms with Gasteiger partial charge in [-0.3, -0.25) is 4.79 Å². The third kappa shape index (κ3) is 4.20. The summed E-state index contributed by atoms with van der Waals surface area (Å²) in [5.74, 6) is -0.859. The summed E-state index contributed by atoms with van der Waals surface area (Å²) in [4.78, 5) is 24.6. The van der Waals surface area contributed by atoms with Gasteiger partial charge in [-0.25, -0.2) is 13.2 Å². The molecule has 1 aliphatic rings. The van der Waals surface area contributed by atoms with Gasteiger partial charge in [0.25, 0.3) is 5.91 Å². The number of amides is 1. The summed E-state index contributed by atoms with van der Waals surface area (Å²) >= 11 is 0. The molecule has 9 heteroatoms. The number of carbonyl (C=O) groups is 2. The predicted molar refractivity (Wildman–Crippen MR) is 108 cm³/mol. The van der Waals surface area contributed by atoms with Crippen LogP contribution >= 0.6 is 0 Å². The molecule has 1 aromatic carbocycles. The Balaban J connectivity index is 1.80. The van der Waals surface area contributed by atoms with Crippen molar-refractivity contribution in [2.45, 2.75) is 31.6 Å². The summed E-state index contributed by atoms with van der Waals surface area (Å²) in [7, 11) is -1.95. The summed E-state index contributed by atoms with van der Waals surface area (Å²) < 4.78 is 33.8. The van der Waals surface area contributed by atoms with E-state index in [1.165, 1.54) is 10.4 Å². The maximum Gasteiger partial charge on any atom is 0.338 e. The lowest BCUT2D eigenvalue weighted by Crippen LogP contribution is -2.28. The number of carbonyl (C=O) groups excluding carboxylic acids is 2. The standard InChI is InChI=1S/C20H25N3O5S/c1-4-28-20(25)15-7-9-16(10-8-15)21-19(24)17-13-18(14(2)22(17)3)29(26,27)23-11-5-6-12-23/h7-10,13H,4-6,11-12H2,1-3H3,(H,21,24). The zero-order valence-corrected chi connectivity index (χ0v) is 17.6. The molecule has 1 amide bonds. The van der Waals surface area contributed by atoms with Gasteiger partial charge in [0.15, 0.2) is 0 Å². The topological polar surface area (TPSA) is 97.7 Å². The predicted octanol–water partition coefficient (Wildman–Crippen LogP) is 2.55. The lowest BCUT2D eigenvalue weighted by atomic mass is 10.2. The van der Waals surface area contributed by atoms with Crippen LogP contribution in [0.5, 0.6) is 0 Å². The van der Waals surface area contributed by atoms with E-state index < -0.39 is 21.9 Å². The Labute approximate surface area is 170 Å². The molecule has 0 radical (unpaired) electrons. The molecule has 29 heavy (non-hydrogen) atoms. The van der Waals surface area contributed by atoms with Gasteiger partial charge < -0.3 is 14.6 Å². The first-order valence-corrected chi connectivity index (χ1v) is 10.9. The fourth-order valence-electron chi connectivity index (χ4n) is 3.32. The van der Waals surface area contributed by atoms with Crippen molar-refractivity contribution in [3.05, 3.63) is 47.3 Å². The second-order valence-electron chi connectivity index (χ2n) is 6.90. The Morgan fingerprint density at radius 3 is 2.34 bits per heavy atom. The minimum Gasteiger partial charge on any atom is -0.462 e. The highest BCUT2D eigenvalue weighted by Crippen LogP contribution is 2.26. The van der Waals surface area contributed by atoms with E-state index >= 15 is 0 Å². The van der Waals surface area contributed by atoms with Crippen molar-refractivity contribution >= 4 is 27.6 Å².